The lowest BCUT2D eigenvalue weighted by Gasteiger charge is -2.45. The van der Waals surface area contributed by atoms with Gasteiger partial charge >= 0.3 is 6.09 Å². The monoisotopic (exact) mass is 383 g/mol. The fourth-order valence-corrected chi connectivity index (χ4v) is 3.83. The smallest absolute Gasteiger partial charge is 0.408 e. The quantitative estimate of drug-likeness (QED) is 0.875. The summed E-state index contributed by atoms with van der Waals surface area (Å²) < 4.78 is 29.6. The zero-order valence-electron chi connectivity index (χ0n) is 15.1. The number of alkyl carbamates (subject to hydrolysis) is 1. The molecule has 3 aliphatic rings. The normalized spacial score (nSPS) is 34.1. The van der Waals surface area contributed by atoms with E-state index in [1.807, 2.05) is 60.7 Å². The maximum absolute atomic E-state index is 11.9. The van der Waals surface area contributed by atoms with Crippen molar-refractivity contribution in [3.05, 3.63) is 71.8 Å². The standard InChI is InChI=1S/C21H21NO6/c23-21-22-16-18(28-21)17-15(12-25-19(27-17)14-9-5-2-6-10-14)26-20(16)24-11-13-7-3-1-4-8-13/h1-10,15-20H,11-12H2,(H,22,23)/t15-,16+,17-,18-,19?,20+/m1/s1. The van der Waals surface area contributed by atoms with Crippen molar-refractivity contribution in [2.45, 2.75) is 43.5 Å². The van der Waals surface area contributed by atoms with Gasteiger partial charge in [0.25, 0.3) is 0 Å². The predicted octanol–water partition coefficient (Wildman–Crippen LogP) is 2.52. The number of ether oxygens (including phenoxy) is 5. The average Bonchev–Trinajstić information content (AvgIpc) is 3.15. The van der Waals surface area contributed by atoms with Gasteiger partial charge in [-0.3, -0.25) is 0 Å². The Morgan fingerprint density at radius 3 is 2.50 bits per heavy atom. The number of fused-ring (bicyclic) bond motifs is 3. The summed E-state index contributed by atoms with van der Waals surface area (Å²) in [7, 11) is 0. The highest BCUT2D eigenvalue weighted by Crippen LogP contribution is 2.37. The van der Waals surface area contributed by atoms with Gasteiger partial charge in [-0.05, 0) is 5.56 Å². The van der Waals surface area contributed by atoms with E-state index in [4.69, 9.17) is 23.7 Å². The van der Waals surface area contributed by atoms with Gasteiger partial charge in [-0.1, -0.05) is 60.7 Å². The fraction of sp³-hybridized carbons (Fsp3) is 0.381. The zero-order chi connectivity index (χ0) is 18.9. The third-order valence-corrected chi connectivity index (χ3v) is 5.20. The maximum Gasteiger partial charge on any atom is 0.408 e. The van der Waals surface area contributed by atoms with Crippen LogP contribution in [0, 0.1) is 0 Å². The first-order valence-corrected chi connectivity index (χ1v) is 9.38. The van der Waals surface area contributed by atoms with Crippen molar-refractivity contribution in [2.75, 3.05) is 6.61 Å². The number of amides is 1. The Labute approximate surface area is 162 Å². The summed E-state index contributed by atoms with van der Waals surface area (Å²) in [6.45, 7) is 0.701. The van der Waals surface area contributed by atoms with Crippen molar-refractivity contribution in [1.29, 1.82) is 0 Å². The molecule has 3 aliphatic heterocycles. The number of hydrogen-bond donors (Lipinski definition) is 1. The highest BCUT2D eigenvalue weighted by atomic mass is 16.8. The van der Waals surface area contributed by atoms with Crippen LogP contribution in [-0.4, -0.2) is 43.3 Å². The number of nitrogens with one attached hydrogen (secondary N) is 1. The van der Waals surface area contributed by atoms with E-state index in [9.17, 15) is 4.79 Å². The van der Waals surface area contributed by atoms with Crippen LogP contribution in [0.5, 0.6) is 0 Å². The number of benzene rings is 2. The Hall–Kier alpha value is -2.45. The van der Waals surface area contributed by atoms with E-state index < -0.39 is 36.9 Å². The van der Waals surface area contributed by atoms with E-state index in [-0.39, 0.29) is 6.10 Å². The molecule has 0 aromatic heterocycles. The number of rotatable bonds is 4. The third-order valence-electron chi connectivity index (χ3n) is 5.20. The highest BCUT2D eigenvalue weighted by molar-refractivity contribution is 5.70. The van der Waals surface area contributed by atoms with E-state index in [1.165, 1.54) is 0 Å². The van der Waals surface area contributed by atoms with Gasteiger partial charge in [0.15, 0.2) is 18.7 Å². The minimum absolute atomic E-state index is 0.330. The van der Waals surface area contributed by atoms with Crippen LogP contribution in [0.3, 0.4) is 0 Å². The molecule has 3 saturated heterocycles. The number of carbonyl (C=O) groups is 1. The van der Waals surface area contributed by atoms with Crippen molar-refractivity contribution in [3.8, 4) is 0 Å². The molecule has 0 bridgehead atoms. The first kappa shape index (κ1) is 17.6. The molecule has 2 aromatic carbocycles. The third kappa shape index (κ3) is 3.38. The summed E-state index contributed by atoms with van der Waals surface area (Å²) in [6, 6.07) is 19.0. The van der Waals surface area contributed by atoms with Crippen molar-refractivity contribution >= 4 is 6.09 Å². The number of carbonyl (C=O) groups excluding carboxylic acids is 1. The molecule has 7 nitrogen and oxygen atoms in total. The lowest BCUT2D eigenvalue weighted by atomic mass is 9.96. The SMILES string of the molecule is O=C1N[C@@H]2[C@@H](OCc3ccccc3)O[C@@H]3COC(c4ccccc4)O[C@H]3[C@@H]2O1. The van der Waals surface area contributed by atoms with E-state index in [0.717, 1.165) is 11.1 Å². The largest absolute Gasteiger partial charge is 0.441 e. The molecule has 0 aliphatic carbocycles. The van der Waals surface area contributed by atoms with Crippen molar-refractivity contribution in [3.63, 3.8) is 0 Å². The van der Waals surface area contributed by atoms with Crippen LogP contribution in [0.25, 0.3) is 0 Å². The molecule has 3 heterocycles. The molecule has 0 radical (unpaired) electrons. The van der Waals surface area contributed by atoms with Gasteiger partial charge in [-0.25, -0.2) is 4.79 Å². The second kappa shape index (κ2) is 7.52. The van der Waals surface area contributed by atoms with Gasteiger partial charge in [0.1, 0.15) is 18.2 Å². The summed E-state index contributed by atoms with van der Waals surface area (Å²) in [5, 5.41) is 2.80. The van der Waals surface area contributed by atoms with Crippen molar-refractivity contribution < 1.29 is 28.5 Å². The molecule has 28 heavy (non-hydrogen) atoms. The molecule has 3 fully saturated rings. The van der Waals surface area contributed by atoms with Gasteiger partial charge in [0.05, 0.1) is 13.2 Å². The van der Waals surface area contributed by atoms with Crippen molar-refractivity contribution in [2.24, 2.45) is 0 Å². The Morgan fingerprint density at radius 2 is 1.71 bits per heavy atom. The Morgan fingerprint density at radius 1 is 0.964 bits per heavy atom. The van der Waals surface area contributed by atoms with Crippen molar-refractivity contribution in [1.82, 2.24) is 5.32 Å². The van der Waals surface area contributed by atoms with Crippen LogP contribution in [0.2, 0.25) is 0 Å². The van der Waals surface area contributed by atoms with Crippen LogP contribution >= 0.6 is 0 Å². The van der Waals surface area contributed by atoms with Crippen LogP contribution < -0.4 is 5.32 Å². The summed E-state index contributed by atoms with van der Waals surface area (Å²) in [5.41, 5.74) is 1.94. The number of hydrogen-bond acceptors (Lipinski definition) is 6. The predicted molar refractivity (Wildman–Crippen MR) is 97.1 cm³/mol. The highest BCUT2D eigenvalue weighted by Gasteiger charge is 2.55. The Kier molecular flexibility index (Phi) is 4.74. The summed E-state index contributed by atoms with van der Waals surface area (Å²) >= 11 is 0. The van der Waals surface area contributed by atoms with Crippen LogP contribution in [-0.2, 0) is 30.3 Å². The van der Waals surface area contributed by atoms with Gasteiger partial charge in [-0.15, -0.1) is 0 Å². The maximum atomic E-state index is 11.9. The zero-order valence-corrected chi connectivity index (χ0v) is 15.1. The molecule has 0 saturated carbocycles. The van der Waals surface area contributed by atoms with Crippen LogP contribution in [0.1, 0.15) is 17.4 Å². The van der Waals surface area contributed by atoms with E-state index in [2.05, 4.69) is 5.32 Å². The van der Waals surface area contributed by atoms with Gasteiger partial charge in [-0.2, -0.15) is 0 Å². The van der Waals surface area contributed by atoms with E-state index in [1.54, 1.807) is 0 Å². The molecule has 7 heteroatoms. The molecule has 146 valence electrons. The lowest BCUT2D eigenvalue weighted by Crippen LogP contribution is -2.63. The van der Waals surface area contributed by atoms with E-state index >= 15 is 0 Å². The molecular weight excluding hydrogens is 362 g/mol. The van der Waals surface area contributed by atoms with Gasteiger partial charge in [0.2, 0.25) is 0 Å². The van der Waals surface area contributed by atoms with Crippen LogP contribution in [0.4, 0.5) is 4.79 Å². The molecule has 1 unspecified atom stereocenters. The minimum atomic E-state index is -0.640. The topological polar surface area (TPSA) is 75.3 Å². The van der Waals surface area contributed by atoms with Crippen LogP contribution in [0.15, 0.2) is 60.7 Å². The molecular formula is C21H21NO6. The van der Waals surface area contributed by atoms with Gasteiger partial charge < -0.3 is 29.0 Å². The fourth-order valence-electron chi connectivity index (χ4n) is 3.83. The molecule has 1 N–H and O–H groups in total. The van der Waals surface area contributed by atoms with Gasteiger partial charge in [0, 0.05) is 5.56 Å². The molecule has 2 aromatic rings. The minimum Gasteiger partial charge on any atom is -0.441 e. The Bertz CT molecular complexity index is 816. The summed E-state index contributed by atoms with van der Waals surface area (Å²) in [6.07, 6.45) is -2.96. The second-order valence-electron chi connectivity index (χ2n) is 7.06. The molecule has 0 spiro atoms. The molecule has 5 rings (SSSR count). The molecule has 1 amide bonds. The van der Waals surface area contributed by atoms with E-state index in [0.29, 0.717) is 13.2 Å². The average molecular weight is 383 g/mol. The molecule has 6 atom stereocenters. The Balaban J connectivity index is 1.31. The first-order valence-electron chi connectivity index (χ1n) is 9.38. The lowest BCUT2D eigenvalue weighted by molar-refractivity contribution is -0.338. The second-order valence-corrected chi connectivity index (χ2v) is 7.06. The summed E-state index contributed by atoms with van der Waals surface area (Å²) in [5.74, 6) is 0. The first-order chi connectivity index (χ1) is 13.8. The summed E-state index contributed by atoms with van der Waals surface area (Å²) in [4.78, 5) is 11.9.